The number of benzene rings is 1. The summed E-state index contributed by atoms with van der Waals surface area (Å²) in [5.41, 5.74) is 7.93. The Bertz CT molecular complexity index is 471. The molecular formula is C16H25N3O. The van der Waals surface area contributed by atoms with Crippen LogP contribution in [0.1, 0.15) is 32.3 Å². The number of amides is 1. The van der Waals surface area contributed by atoms with Gasteiger partial charge in [-0.15, -0.1) is 0 Å². The monoisotopic (exact) mass is 275 g/mol. The number of carbonyl (C=O) groups is 1. The van der Waals surface area contributed by atoms with Gasteiger partial charge in [-0.2, -0.15) is 0 Å². The number of nitrogens with zero attached hydrogens (tertiary/aromatic N) is 1. The molecule has 0 spiro atoms. The second kappa shape index (κ2) is 6.27. The van der Waals surface area contributed by atoms with E-state index in [1.807, 2.05) is 6.92 Å². The van der Waals surface area contributed by atoms with Crippen LogP contribution in [0, 0.1) is 0 Å². The molecule has 1 heterocycles. The summed E-state index contributed by atoms with van der Waals surface area (Å²) in [5, 5.41) is 2.93. The van der Waals surface area contributed by atoms with Crippen LogP contribution < -0.4 is 16.0 Å². The fourth-order valence-corrected chi connectivity index (χ4v) is 2.47. The average molecular weight is 275 g/mol. The van der Waals surface area contributed by atoms with Crippen LogP contribution in [0.2, 0.25) is 0 Å². The predicted molar refractivity (Wildman–Crippen MR) is 82.9 cm³/mol. The molecule has 0 saturated carbocycles. The Morgan fingerprint density at radius 2 is 2.20 bits per heavy atom. The molecule has 1 amide bonds. The molecule has 1 unspecified atom stereocenters. The van der Waals surface area contributed by atoms with E-state index in [0.29, 0.717) is 13.0 Å². The minimum Gasteiger partial charge on any atom is -0.371 e. The zero-order valence-corrected chi connectivity index (χ0v) is 12.5. The fourth-order valence-electron chi connectivity index (χ4n) is 2.47. The molecule has 1 aromatic carbocycles. The van der Waals surface area contributed by atoms with E-state index < -0.39 is 5.54 Å². The van der Waals surface area contributed by atoms with Crippen LogP contribution in [0.15, 0.2) is 24.3 Å². The summed E-state index contributed by atoms with van der Waals surface area (Å²) in [4.78, 5) is 14.2. The van der Waals surface area contributed by atoms with Crippen molar-refractivity contribution >= 4 is 11.6 Å². The Morgan fingerprint density at radius 3 is 2.95 bits per heavy atom. The molecule has 0 bridgehead atoms. The van der Waals surface area contributed by atoms with Crippen molar-refractivity contribution in [1.29, 1.82) is 0 Å². The van der Waals surface area contributed by atoms with Gasteiger partial charge in [0.2, 0.25) is 5.91 Å². The standard InChI is InChI=1S/C16H25N3O/c1-3-16(2,17)15(20)18-10-6-11-19-12-9-13-7-4-5-8-14(13)19/h4-5,7-8H,3,6,9-12,17H2,1-2H3,(H,18,20). The quantitative estimate of drug-likeness (QED) is 0.777. The van der Waals surface area contributed by atoms with Crippen molar-refractivity contribution in [2.24, 2.45) is 5.73 Å². The van der Waals surface area contributed by atoms with E-state index in [4.69, 9.17) is 5.73 Å². The van der Waals surface area contributed by atoms with Crippen LogP contribution in [0.5, 0.6) is 0 Å². The smallest absolute Gasteiger partial charge is 0.239 e. The van der Waals surface area contributed by atoms with E-state index >= 15 is 0 Å². The fraction of sp³-hybridized carbons (Fsp3) is 0.562. The Morgan fingerprint density at radius 1 is 1.45 bits per heavy atom. The highest BCUT2D eigenvalue weighted by Gasteiger charge is 2.25. The molecule has 1 atom stereocenters. The summed E-state index contributed by atoms with van der Waals surface area (Å²) in [6, 6.07) is 8.54. The maximum atomic E-state index is 11.8. The normalized spacial score (nSPS) is 16.6. The summed E-state index contributed by atoms with van der Waals surface area (Å²) in [7, 11) is 0. The lowest BCUT2D eigenvalue weighted by Gasteiger charge is -2.23. The average Bonchev–Trinajstić information content (AvgIpc) is 2.86. The molecule has 1 aliphatic rings. The minimum absolute atomic E-state index is 0.0539. The van der Waals surface area contributed by atoms with Crippen LogP contribution in [0.3, 0.4) is 0 Å². The van der Waals surface area contributed by atoms with Gasteiger partial charge in [-0.3, -0.25) is 4.79 Å². The van der Waals surface area contributed by atoms with Crippen molar-refractivity contribution < 1.29 is 4.79 Å². The number of fused-ring (bicyclic) bond motifs is 1. The highest BCUT2D eigenvalue weighted by molar-refractivity contribution is 5.85. The van der Waals surface area contributed by atoms with E-state index in [0.717, 1.165) is 25.9 Å². The van der Waals surface area contributed by atoms with Gasteiger partial charge in [-0.1, -0.05) is 25.1 Å². The molecule has 3 N–H and O–H groups in total. The van der Waals surface area contributed by atoms with E-state index in [1.54, 1.807) is 6.92 Å². The summed E-state index contributed by atoms with van der Waals surface area (Å²) in [6.07, 6.45) is 2.72. The van der Waals surface area contributed by atoms with E-state index in [2.05, 4.69) is 34.5 Å². The number of para-hydroxylation sites is 1. The van der Waals surface area contributed by atoms with Crippen molar-refractivity contribution in [3.8, 4) is 0 Å². The number of nitrogens with one attached hydrogen (secondary N) is 1. The van der Waals surface area contributed by atoms with Crippen molar-refractivity contribution in [3.63, 3.8) is 0 Å². The van der Waals surface area contributed by atoms with E-state index in [9.17, 15) is 4.79 Å². The Kier molecular flexibility index (Phi) is 4.65. The molecule has 20 heavy (non-hydrogen) atoms. The Hall–Kier alpha value is -1.55. The van der Waals surface area contributed by atoms with Crippen LogP contribution in [0.25, 0.3) is 0 Å². The largest absolute Gasteiger partial charge is 0.371 e. The summed E-state index contributed by atoms with van der Waals surface area (Å²) in [6.45, 7) is 6.45. The van der Waals surface area contributed by atoms with E-state index in [1.165, 1.54) is 11.3 Å². The van der Waals surface area contributed by atoms with Crippen molar-refractivity contribution in [1.82, 2.24) is 5.32 Å². The molecule has 0 aliphatic carbocycles. The first-order valence-corrected chi connectivity index (χ1v) is 7.44. The second-order valence-corrected chi connectivity index (χ2v) is 5.75. The number of hydrogen-bond acceptors (Lipinski definition) is 3. The number of rotatable bonds is 6. The highest BCUT2D eigenvalue weighted by Crippen LogP contribution is 2.27. The number of anilines is 1. The molecule has 2 rings (SSSR count). The van der Waals surface area contributed by atoms with Crippen LogP contribution in [0.4, 0.5) is 5.69 Å². The van der Waals surface area contributed by atoms with Crippen LogP contribution >= 0.6 is 0 Å². The maximum absolute atomic E-state index is 11.8. The van der Waals surface area contributed by atoms with Crippen LogP contribution in [-0.4, -0.2) is 31.1 Å². The molecule has 110 valence electrons. The van der Waals surface area contributed by atoms with Gasteiger partial charge in [0.25, 0.3) is 0 Å². The van der Waals surface area contributed by atoms with E-state index in [-0.39, 0.29) is 5.91 Å². The zero-order chi connectivity index (χ0) is 14.6. The highest BCUT2D eigenvalue weighted by atomic mass is 16.2. The lowest BCUT2D eigenvalue weighted by atomic mass is 10.00. The molecule has 1 aliphatic heterocycles. The van der Waals surface area contributed by atoms with Crippen molar-refractivity contribution in [3.05, 3.63) is 29.8 Å². The third-order valence-electron chi connectivity index (χ3n) is 4.13. The summed E-state index contributed by atoms with van der Waals surface area (Å²) < 4.78 is 0. The maximum Gasteiger partial charge on any atom is 0.239 e. The summed E-state index contributed by atoms with van der Waals surface area (Å²) >= 11 is 0. The molecule has 0 fully saturated rings. The first-order chi connectivity index (χ1) is 9.54. The molecule has 4 heteroatoms. The molecular weight excluding hydrogens is 250 g/mol. The first kappa shape index (κ1) is 14.9. The van der Waals surface area contributed by atoms with Gasteiger partial charge in [0.1, 0.15) is 0 Å². The third kappa shape index (κ3) is 3.31. The van der Waals surface area contributed by atoms with Crippen molar-refractivity contribution in [2.45, 2.75) is 38.6 Å². The Labute approximate surface area is 121 Å². The first-order valence-electron chi connectivity index (χ1n) is 7.44. The van der Waals surface area contributed by atoms with Crippen molar-refractivity contribution in [2.75, 3.05) is 24.5 Å². The van der Waals surface area contributed by atoms with Gasteiger partial charge in [-0.05, 0) is 37.8 Å². The summed E-state index contributed by atoms with van der Waals surface area (Å²) in [5.74, 6) is -0.0539. The molecule has 0 saturated heterocycles. The zero-order valence-electron chi connectivity index (χ0n) is 12.5. The molecule has 0 radical (unpaired) electrons. The number of hydrogen-bond donors (Lipinski definition) is 2. The van der Waals surface area contributed by atoms with Gasteiger partial charge in [0.05, 0.1) is 5.54 Å². The Balaban J connectivity index is 1.74. The van der Waals surface area contributed by atoms with Gasteiger partial charge in [0.15, 0.2) is 0 Å². The molecule has 1 aromatic rings. The van der Waals surface area contributed by atoms with Crippen LogP contribution in [-0.2, 0) is 11.2 Å². The second-order valence-electron chi connectivity index (χ2n) is 5.75. The third-order valence-corrected chi connectivity index (χ3v) is 4.13. The lowest BCUT2D eigenvalue weighted by Crippen LogP contribution is -2.51. The minimum atomic E-state index is -0.750. The number of carbonyl (C=O) groups excluding carboxylic acids is 1. The topological polar surface area (TPSA) is 58.4 Å². The SMILES string of the molecule is CCC(C)(N)C(=O)NCCCN1CCc2ccccc21. The van der Waals surface area contributed by atoms with Gasteiger partial charge < -0.3 is 16.0 Å². The number of nitrogens with two attached hydrogens (primary N) is 1. The van der Waals surface area contributed by atoms with Gasteiger partial charge in [-0.25, -0.2) is 0 Å². The molecule has 0 aromatic heterocycles. The lowest BCUT2D eigenvalue weighted by molar-refractivity contribution is -0.125. The predicted octanol–water partition coefficient (Wildman–Crippen LogP) is 1.68. The molecule has 4 nitrogen and oxygen atoms in total. The van der Waals surface area contributed by atoms with Gasteiger partial charge >= 0.3 is 0 Å². The van der Waals surface area contributed by atoms with Gasteiger partial charge in [0, 0.05) is 25.3 Å².